The minimum atomic E-state index is -4.94. The number of hydrogen-bond acceptors (Lipinski definition) is 5. The summed E-state index contributed by atoms with van der Waals surface area (Å²) in [6, 6.07) is 8.66. The predicted octanol–water partition coefficient (Wildman–Crippen LogP) is 6.07. The van der Waals surface area contributed by atoms with Gasteiger partial charge in [-0.1, -0.05) is 12.1 Å². The van der Waals surface area contributed by atoms with Crippen LogP contribution in [0.15, 0.2) is 42.7 Å². The fourth-order valence-corrected chi connectivity index (χ4v) is 6.57. The Balaban J connectivity index is 1.30. The molecule has 3 aliphatic rings. The first kappa shape index (κ1) is 32.3. The average molecular weight is 662 g/mol. The maximum atomic E-state index is 14.3. The van der Waals surface area contributed by atoms with Gasteiger partial charge in [-0.25, -0.2) is 0 Å². The second kappa shape index (κ2) is 11.2. The zero-order valence-corrected chi connectivity index (χ0v) is 24.3. The number of halogens is 9. The van der Waals surface area contributed by atoms with Crippen LogP contribution >= 0.6 is 0 Å². The minimum absolute atomic E-state index is 0.201. The summed E-state index contributed by atoms with van der Waals surface area (Å²) in [6.07, 6.45) is -13.9. The molecule has 3 aromatic rings. The van der Waals surface area contributed by atoms with E-state index >= 15 is 0 Å². The van der Waals surface area contributed by atoms with E-state index in [0.717, 1.165) is 16.5 Å². The second-order valence-corrected chi connectivity index (χ2v) is 12.3. The van der Waals surface area contributed by atoms with Gasteiger partial charge in [0.1, 0.15) is 12.2 Å². The first-order valence-corrected chi connectivity index (χ1v) is 14.4. The van der Waals surface area contributed by atoms with Crippen LogP contribution in [0.4, 0.5) is 45.2 Å². The number of piperidine rings is 1. The van der Waals surface area contributed by atoms with E-state index in [1.54, 1.807) is 36.1 Å². The molecular formula is C30H28F9N5O2. The van der Waals surface area contributed by atoms with Gasteiger partial charge in [0.15, 0.2) is 0 Å². The van der Waals surface area contributed by atoms with Crippen LogP contribution < -0.4 is 4.90 Å². The number of likely N-dealkylation sites (tertiary alicyclic amines) is 1. The summed E-state index contributed by atoms with van der Waals surface area (Å²) in [6.45, 7) is -1.96. The van der Waals surface area contributed by atoms with Gasteiger partial charge < -0.3 is 14.2 Å². The lowest BCUT2D eigenvalue weighted by Gasteiger charge is -2.42. The number of benzene rings is 2. The smallest absolute Gasteiger partial charge is 0.379 e. The van der Waals surface area contributed by atoms with Crippen molar-refractivity contribution in [2.75, 3.05) is 31.2 Å². The quantitative estimate of drug-likeness (QED) is 0.301. The third kappa shape index (κ3) is 6.08. The lowest BCUT2D eigenvalue weighted by atomic mass is 9.75. The Hall–Kier alpha value is -3.66. The molecule has 0 unspecified atom stereocenters. The first-order chi connectivity index (χ1) is 21.4. The highest BCUT2D eigenvalue weighted by molar-refractivity contribution is 6.10. The van der Waals surface area contributed by atoms with Crippen LogP contribution in [0.25, 0.3) is 0 Å². The molecule has 0 saturated carbocycles. The van der Waals surface area contributed by atoms with Gasteiger partial charge in [-0.2, -0.15) is 39.5 Å². The van der Waals surface area contributed by atoms with Crippen molar-refractivity contribution < 1.29 is 49.0 Å². The predicted molar refractivity (Wildman–Crippen MR) is 145 cm³/mol. The van der Waals surface area contributed by atoms with Crippen LogP contribution in [0.5, 0.6) is 0 Å². The molecule has 0 N–H and O–H groups in total. The summed E-state index contributed by atoms with van der Waals surface area (Å²) in [5.74, 6) is -4.66. The number of hydrogen-bond donors (Lipinski definition) is 0. The number of nitrogens with zero attached hydrogens (tertiary/aromatic N) is 5. The van der Waals surface area contributed by atoms with E-state index in [1.807, 2.05) is 6.07 Å². The number of ether oxygens (including phenoxy) is 1. The van der Waals surface area contributed by atoms with Gasteiger partial charge in [0.05, 0.1) is 37.2 Å². The molecule has 2 aromatic carbocycles. The van der Waals surface area contributed by atoms with Crippen LogP contribution in [0.2, 0.25) is 0 Å². The third-order valence-electron chi connectivity index (χ3n) is 9.09. The summed E-state index contributed by atoms with van der Waals surface area (Å²) in [4.78, 5) is 15.7. The normalized spacial score (nSPS) is 22.2. The lowest BCUT2D eigenvalue weighted by Crippen LogP contribution is -2.49. The van der Waals surface area contributed by atoms with Gasteiger partial charge in [0.2, 0.25) is 0 Å². The molecule has 0 spiro atoms. The van der Waals surface area contributed by atoms with Crippen LogP contribution in [0.3, 0.4) is 0 Å². The Morgan fingerprint density at radius 3 is 2.17 bits per heavy atom. The Labute approximate surface area is 256 Å². The number of carbonyl (C=O) groups is 1. The van der Waals surface area contributed by atoms with E-state index in [9.17, 15) is 44.3 Å². The highest BCUT2D eigenvalue weighted by atomic mass is 19.4. The molecule has 0 aliphatic carbocycles. The van der Waals surface area contributed by atoms with Crippen molar-refractivity contribution in [2.24, 2.45) is 18.9 Å². The van der Waals surface area contributed by atoms with Crippen molar-refractivity contribution in [2.45, 2.75) is 49.9 Å². The van der Waals surface area contributed by atoms with Gasteiger partial charge in [-0.15, -0.1) is 10.2 Å². The number of anilines is 1. The number of rotatable bonds is 6. The van der Waals surface area contributed by atoms with Crippen molar-refractivity contribution in [1.29, 1.82) is 0 Å². The van der Waals surface area contributed by atoms with E-state index in [1.165, 1.54) is 4.90 Å². The van der Waals surface area contributed by atoms with Crippen LogP contribution in [0.1, 0.15) is 44.9 Å². The van der Waals surface area contributed by atoms with Gasteiger partial charge in [0, 0.05) is 49.8 Å². The van der Waals surface area contributed by atoms with E-state index in [2.05, 4.69) is 10.2 Å². The van der Waals surface area contributed by atoms with E-state index in [4.69, 9.17) is 4.74 Å². The van der Waals surface area contributed by atoms with Gasteiger partial charge in [-0.05, 0) is 47.4 Å². The van der Waals surface area contributed by atoms with Crippen molar-refractivity contribution >= 4 is 11.6 Å². The molecule has 1 aromatic heterocycles. The molecule has 6 rings (SSSR count). The number of fused-ring (bicyclic) bond motifs is 1. The fraction of sp³-hybridized carbons (Fsp3) is 0.500. The van der Waals surface area contributed by atoms with Gasteiger partial charge in [0.25, 0.3) is 5.91 Å². The molecule has 0 bridgehead atoms. The highest BCUT2D eigenvalue weighted by Crippen LogP contribution is 2.44. The number of aryl methyl sites for hydroxylation is 1. The number of alkyl halides is 9. The van der Waals surface area contributed by atoms with Crippen LogP contribution in [-0.2, 0) is 42.9 Å². The zero-order valence-electron chi connectivity index (χ0n) is 24.3. The molecule has 2 saturated heterocycles. The molecule has 2 atom stereocenters. The summed E-state index contributed by atoms with van der Waals surface area (Å²) >= 11 is 0. The second-order valence-electron chi connectivity index (χ2n) is 12.3. The SMILES string of the molecule is Cn1cnnc1CC1(c2cccc(N3Cc4c(cc(CN5C[C@H](C(F)(F)F)C[C@H](C(F)(F)F)C5)cc4C(F)(F)F)C3=O)c2)COC1. The maximum Gasteiger partial charge on any atom is 0.416 e. The number of amides is 1. The monoisotopic (exact) mass is 661 g/mol. The Morgan fingerprint density at radius 1 is 0.957 bits per heavy atom. The van der Waals surface area contributed by atoms with Crippen LogP contribution in [-0.4, -0.2) is 64.2 Å². The third-order valence-corrected chi connectivity index (χ3v) is 9.09. The highest BCUT2D eigenvalue weighted by Gasteiger charge is 2.52. The standard InChI is InChI=1S/C30H28F9N5O2/c1-42-16-40-41-25(42)9-27(14-46-15-27)18-3-2-4-21(8-18)44-13-23-22(26(44)45)5-17(6-24(23)30(37,38)39)10-43-11-19(28(31,32)33)7-20(12-43)29(34,35)36/h2-6,8,16,19-20H,7,9-15H2,1H3/t19-,20+. The first-order valence-electron chi connectivity index (χ1n) is 14.4. The fourth-order valence-electron chi connectivity index (χ4n) is 6.57. The zero-order chi connectivity index (χ0) is 33.2. The van der Waals surface area contributed by atoms with Crippen molar-refractivity contribution in [1.82, 2.24) is 19.7 Å². The minimum Gasteiger partial charge on any atom is -0.379 e. The summed E-state index contributed by atoms with van der Waals surface area (Å²) in [5, 5.41) is 8.03. The van der Waals surface area contributed by atoms with Gasteiger partial charge in [-0.3, -0.25) is 9.69 Å². The lowest BCUT2D eigenvalue weighted by molar-refractivity contribution is -0.231. The molecule has 16 heteroatoms. The Kier molecular flexibility index (Phi) is 7.89. The molecule has 3 aliphatic heterocycles. The molecule has 0 radical (unpaired) electrons. The summed E-state index contributed by atoms with van der Waals surface area (Å²) < 4.78 is 131. The maximum absolute atomic E-state index is 14.3. The molecular weight excluding hydrogens is 633 g/mol. The number of carbonyl (C=O) groups excluding carboxylic acids is 1. The van der Waals surface area contributed by atoms with Crippen LogP contribution in [0, 0.1) is 11.8 Å². The molecule has 2 fully saturated rings. The van der Waals surface area contributed by atoms with Crippen molar-refractivity contribution in [3.8, 4) is 0 Å². The van der Waals surface area contributed by atoms with E-state index in [0.29, 0.717) is 37.2 Å². The van der Waals surface area contributed by atoms with E-state index in [-0.39, 0.29) is 16.7 Å². The van der Waals surface area contributed by atoms with E-state index < -0.39 is 79.9 Å². The summed E-state index contributed by atoms with van der Waals surface area (Å²) in [7, 11) is 1.79. The summed E-state index contributed by atoms with van der Waals surface area (Å²) in [5.41, 5.74) is -1.37. The topological polar surface area (TPSA) is 63.5 Å². The van der Waals surface area contributed by atoms with Gasteiger partial charge >= 0.3 is 18.5 Å². The van der Waals surface area contributed by atoms with Crippen molar-refractivity contribution in [3.63, 3.8) is 0 Å². The number of aromatic nitrogens is 3. The average Bonchev–Trinajstić information content (AvgIpc) is 3.50. The Bertz CT molecular complexity index is 1610. The molecule has 7 nitrogen and oxygen atoms in total. The van der Waals surface area contributed by atoms with Crippen molar-refractivity contribution in [3.05, 3.63) is 76.4 Å². The largest absolute Gasteiger partial charge is 0.416 e. The molecule has 248 valence electrons. The Morgan fingerprint density at radius 2 is 1.63 bits per heavy atom. The molecule has 1 amide bonds. The molecule has 46 heavy (non-hydrogen) atoms. The molecule has 4 heterocycles.